The molecule has 1 aliphatic heterocycles. The first-order valence-corrected chi connectivity index (χ1v) is 11.2. The smallest absolute Gasteiger partial charge is 0.261 e. The largest absolute Gasteiger partial charge is 0.493 e. The summed E-state index contributed by atoms with van der Waals surface area (Å²) in [4.78, 5) is 15.2. The molecule has 5 heteroatoms. The zero-order chi connectivity index (χ0) is 19.3. The molecule has 0 spiro atoms. The average Bonchev–Trinajstić information content (AvgIpc) is 3.19. The fraction of sp³-hybridized carbons (Fsp3) is 0.522. The van der Waals surface area contributed by atoms with Crippen molar-refractivity contribution in [3.8, 4) is 11.5 Å². The van der Waals surface area contributed by atoms with Crippen molar-refractivity contribution in [3.63, 3.8) is 0 Å². The Hall–Kier alpha value is -2.01. The van der Waals surface area contributed by atoms with Crippen molar-refractivity contribution in [2.45, 2.75) is 62.8 Å². The van der Waals surface area contributed by atoms with Gasteiger partial charge in [0.15, 0.2) is 11.5 Å². The molecule has 1 saturated carbocycles. The van der Waals surface area contributed by atoms with Crippen LogP contribution >= 0.6 is 11.3 Å². The number of fused-ring (bicyclic) bond motifs is 5. The molecule has 28 heavy (non-hydrogen) atoms. The molecular formula is C23H27NO3S. The SMILES string of the molecule is COc1cc2c(cc1OC)[C@@H]1c3cc(C4CCCCC4)sc3C(=O)N[C@H]1CC2. The summed E-state index contributed by atoms with van der Waals surface area (Å²) in [7, 11) is 3.37. The molecule has 5 rings (SSSR count). The Morgan fingerprint density at radius 3 is 2.46 bits per heavy atom. The summed E-state index contributed by atoms with van der Waals surface area (Å²) in [6, 6.07) is 6.77. The Balaban J connectivity index is 1.61. The van der Waals surface area contributed by atoms with Crippen LogP contribution in [0.5, 0.6) is 11.5 Å². The van der Waals surface area contributed by atoms with Gasteiger partial charge in [-0.25, -0.2) is 0 Å². The van der Waals surface area contributed by atoms with Gasteiger partial charge >= 0.3 is 0 Å². The summed E-state index contributed by atoms with van der Waals surface area (Å²) in [6.45, 7) is 0. The first kappa shape index (κ1) is 18.0. The van der Waals surface area contributed by atoms with Crippen molar-refractivity contribution in [2.24, 2.45) is 0 Å². The van der Waals surface area contributed by atoms with Crippen LogP contribution in [0.4, 0.5) is 0 Å². The van der Waals surface area contributed by atoms with E-state index in [1.54, 1.807) is 25.6 Å². The maximum Gasteiger partial charge on any atom is 0.261 e. The normalized spacial score (nSPS) is 24.0. The van der Waals surface area contributed by atoms with Crippen molar-refractivity contribution >= 4 is 17.2 Å². The van der Waals surface area contributed by atoms with Gasteiger partial charge in [-0.3, -0.25) is 4.79 Å². The Morgan fingerprint density at radius 1 is 0.964 bits per heavy atom. The van der Waals surface area contributed by atoms with Crippen LogP contribution in [0.25, 0.3) is 0 Å². The van der Waals surface area contributed by atoms with Gasteiger partial charge in [0.2, 0.25) is 0 Å². The van der Waals surface area contributed by atoms with E-state index in [1.165, 1.54) is 53.7 Å². The van der Waals surface area contributed by atoms with E-state index in [4.69, 9.17) is 9.47 Å². The number of benzene rings is 1. The lowest BCUT2D eigenvalue weighted by Gasteiger charge is -2.38. The molecule has 1 fully saturated rings. The molecule has 3 aliphatic rings. The van der Waals surface area contributed by atoms with Crippen LogP contribution in [-0.2, 0) is 6.42 Å². The molecule has 1 aromatic heterocycles. The van der Waals surface area contributed by atoms with E-state index in [1.807, 2.05) is 0 Å². The molecule has 0 unspecified atom stereocenters. The topological polar surface area (TPSA) is 47.6 Å². The zero-order valence-corrected chi connectivity index (χ0v) is 17.4. The van der Waals surface area contributed by atoms with Gasteiger partial charge in [0.1, 0.15) is 0 Å². The van der Waals surface area contributed by atoms with Gasteiger partial charge in [-0.15, -0.1) is 11.3 Å². The Kier molecular flexibility index (Phi) is 4.58. The summed E-state index contributed by atoms with van der Waals surface area (Å²) in [5.41, 5.74) is 3.82. The van der Waals surface area contributed by atoms with Crippen LogP contribution in [0.15, 0.2) is 18.2 Å². The average molecular weight is 398 g/mol. The van der Waals surface area contributed by atoms with Gasteiger partial charge in [0.05, 0.1) is 19.1 Å². The van der Waals surface area contributed by atoms with E-state index in [2.05, 4.69) is 23.5 Å². The summed E-state index contributed by atoms with van der Waals surface area (Å²) in [6.07, 6.45) is 8.41. The van der Waals surface area contributed by atoms with Crippen LogP contribution in [0.1, 0.15) is 81.6 Å². The second kappa shape index (κ2) is 7.11. The number of carbonyl (C=O) groups is 1. The van der Waals surface area contributed by atoms with Gasteiger partial charge in [0.25, 0.3) is 5.91 Å². The summed E-state index contributed by atoms with van der Waals surface area (Å²) in [5, 5.41) is 3.30. The number of methoxy groups -OCH3 is 2. The fourth-order valence-corrected chi connectivity index (χ4v) is 6.61. The van der Waals surface area contributed by atoms with E-state index in [9.17, 15) is 4.79 Å². The predicted molar refractivity (Wildman–Crippen MR) is 111 cm³/mol. The molecule has 1 amide bonds. The van der Waals surface area contributed by atoms with Gasteiger partial charge in [-0.05, 0) is 66.5 Å². The lowest BCUT2D eigenvalue weighted by Crippen LogP contribution is -2.46. The van der Waals surface area contributed by atoms with Crippen LogP contribution < -0.4 is 14.8 Å². The molecule has 1 aromatic carbocycles. The second-order valence-electron chi connectivity index (χ2n) is 8.27. The van der Waals surface area contributed by atoms with E-state index in [0.717, 1.165) is 29.2 Å². The van der Waals surface area contributed by atoms with Crippen molar-refractivity contribution in [2.75, 3.05) is 14.2 Å². The van der Waals surface area contributed by atoms with Crippen LogP contribution in [0, 0.1) is 0 Å². The Morgan fingerprint density at radius 2 is 1.71 bits per heavy atom. The van der Waals surface area contributed by atoms with Crippen molar-refractivity contribution in [3.05, 3.63) is 44.6 Å². The number of nitrogens with one attached hydrogen (secondary N) is 1. The van der Waals surface area contributed by atoms with Crippen molar-refractivity contribution in [1.82, 2.24) is 5.32 Å². The third-order valence-electron chi connectivity index (χ3n) is 6.75. The molecule has 2 heterocycles. The molecule has 0 saturated heterocycles. The highest BCUT2D eigenvalue weighted by Gasteiger charge is 2.40. The molecule has 0 bridgehead atoms. The number of aryl methyl sites for hydroxylation is 1. The summed E-state index contributed by atoms with van der Waals surface area (Å²) < 4.78 is 11.1. The molecule has 2 aromatic rings. The minimum absolute atomic E-state index is 0.118. The number of hydrogen-bond acceptors (Lipinski definition) is 4. The summed E-state index contributed by atoms with van der Waals surface area (Å²) in [5.74, 6) is 2.51. The molecule has 0 radical (unpaired) electrons. The molecule has 2 aliphatic carbocycles. The number of thiophene rings is 1. The quantitative estimate of drug-likeness (QED) is 0.793. The first-order valence-electron chi connectivity index (χ1n) is 10.4. The lowest BCUT2D eigenvalue weighted by molar-refractivity contribution is 0.0919. The lowest BCUT2D eigenvalue weighted by atomic mass is 9.73. The monoisotopic (exact) mass is 397 g/mol. The number of amides is 1. The van der Waals surface area contributed by atoms with Gasteiger partial charge in [0, 0.05) is 16.8 Å². The number of hydrogen-bond donors (Lipinski definition) is 1. The molecule has 148 valence electrons. The standard InChI is InChI=1S/C23H27NO3S/c1-26-18-10-14-8-9-17-21(15(14)11-19(18)27-2)16-12-20(13-6-4-3-5-7-13)28-22(16)23(25)24-17/h10-13,17,21H,3-9H2,1-2H3,(H,24,25)/t17-,21+/m0/s1. The number of rotatable bonds is 3. The maximum absolute atomic E-state index is 12.8. The van der Waals surface area contributed by atoms with E-state index < -0.39 is 0 Å². The van der Waals surface area contributed by atoms with Gasteiger partial charge in [-0.2, -0.15) is 0 Å². The van der Waals surface area contributed by atoms with E-state index in [0.29, 0.717) is 5.92 Å². The van der Waals surface area contributed by atoms with E-state index >= 15 is 0 Å². The third-order valence-corrected chi connectivity index (χ3v) is 8.06. The second-order valence-corrected chi connectivity index (χ2v) is 9.35. The predicted octanol–water partition coefficient (Wildman–Crippen LogP) is 5.00. The minimum atomic E-state index is 0.118. The number of ether oxygens (including phenoxy) is 2. The zero-order valence-electron chi connectivity index (χ0n) is 16.5. The van der Waals surface area contributed by atoms with Gasteiger partial charge < -0.3 is 14.8 Å². The van der Waals surface area contributed by atoms with Crippen molar-refractivity contribution in [1.29, 1.82) is 0 Å². The Bertz CT molecular complexity index is 913. The van der Waals surface area contributed by atoms with Crippen molar-refractivity contribution < 1.29 is 14.3 Å². The minimum Gasteiger partial charge on any atom is -0.493 e. The van der Waals surface area contributed by atoms with Crippen LogP contribution in [0.2, 0.25) is 0 Å². The Labute approximate surface area is 170 Å². The third kappa shape index (κ3) is 2.83. The maximum atomic E-state index is 12.8. The van der Waals surface area contributed by atoms with Crippen LogP contribution in [0.3, 0.4) is 0 Å². The highest BCUT2D eigenvalue weighted by molar-refractivity contribution is 7.14. The molecular weight excluding hydrogens is 370 g/mol. The fourth-order valence-electron chi connectivity index (χ4n) is 5.33. The highest BCUT2D eigenvalue weighted by Crippen LogP contribution is 2.48. The number of carbonyl (C=O) groups excluding carboxylic acids is 1. The molecule has 1 N–H and O–H groups in total. The van der Waals surface area contributed by atoms with Crippen LogP contribution in [-0.4, -0.2) is 26.2 Å². The first-order chi connectivity index (χ1) is 13.7. The molecule has 4 nitrogen and oxygen atoms in total. The van der Waals surface area contributed by atoms with E-state index in [-0.39, 0.29) is 17.9 Å². The summed E-state index contributed by atoms with van der Waals surface area (Å²) >= 11 is 1.73. The highest BCUT2D eigenvalue weighted by atomic mass is 32.1. The van der Waals surface area contributed by atoms with Gasteiger partial charge in [-0.1, -0.05) is 19.3 Å². The molecule has 2 atom stereocenters.